The Morgan fingerprint density at radius 1 is 1.36 bits per heavy atom. The number of aryl methyl sites for hydroxylation is 2. The normalized spacial score (nSPS) is 12.4. The summed E-state index contributed by atoms with van der Waals surface area (Å²) in [6.45, 7) is 10.9. The van der Waals surface area contributed by atoms with E-state index in [9.17, 15) is 4.79 Å². The molecule has 25 heavy (non-hydrogen) atoms. The molecule has 0 spiro atoms. The minimum Gasteiger partial charge on any atom is -0.305 e. The molecule has 3 aromatic rings. The molecule has 5 heteroatoms. The molecule has 1 aromatic carbocycles. The van der Waals surface area contributed by atoms with Crippen molar-refractivity contribution in [3.05, 3.63) is 74.5 Å². The van der Waals surface area contributed by atoms with E-state index in [1.807, 2.05) is 25.1 Å². The summed E-state index contributed by atoms with van der Waals surface area (Å²) in [5.74, 6) is 0. The third-order valence-electron chi connectivity index (χ3n) is 4.31. The first-order chi connectivity index (χ1) is 12.0. The van der Waals surface area contributed by atoms with E-state index in [1.54, 1.807) is 22.0 Å². The number of benzene rings is 1. The van der Waals surface area contributed by atoms with E-state index in [-0.39, 0.29) is 11.6 Å². The zero-order valence-corrected chi connectivity index (χ0v) is 15.7. The number of nitrogens with one attached hydrogen (secondary N) is 1. The quantitative estimate of drug-likeness (QED) is 0.678. The first-order valence-electron chi connectivity index (χ1n) is 8.39. The van der Waals surface area contributed by atoms with Gasteiger partial charge in [-0.25, -0.2) is 4.98 Å². The van der Waals surface area contributed by atoms with Gasteiger partial charge in [0.05, 0.1) is 16.2 Å². The van der Waals surface area contributed by atoms with Crippen LogP contribution in [0.5, 0.6) is 0 Å². The van der Waals surface area contributed by atoms with E-state index in [0.717, 1.165) is 27.2 Å². The Balaban J connectivity index is 1.93. The smallest absolute Gasteiger partial charge is 0.255 e. The molecule has 0 aliphatic heterocycles. The predicted octanol–water partition coefficient (Wildman–Crippen LogP) is 4.11. The van der Waals surface area contributed by atoms with Gasteiger partial charge in [-0.1, -0.05) is 17.7 Å². The fraction of sp³-hybridized carbons (Fsp3) is 0.300. The van der Waals surface area contributed by atoms with Gasteiger partial charge in [0.15, 0.2) is 0 Å². The summed E-state index contributed by atoms with van der Waals surface area (Å²) in [6, 6.07) is 8.26. The van der Waals surface area contributed by atoms with Crippen LogP contribution in [0.3, 0.4) is 0 Å². The zero-order valence-electron chi connectivity index (χ0n) is 14.9. The van der Waals surface area contributed by atoms with Crippen LogP contribution in [0.15, 0.2) is 47.1 Å². The highest BCUT2D eigenvalue weighted by Gasteiger charge is 2.12. The monoisotopic (exact) mass is 353 g/mol. The predicted molar refractivity (Wildman–Crippen MR) is 105 cm³/mol. The molecule has 4 nitrogen and oxygen atoms in total. The average molecular weight is 353 g/mol. The third kappa shape index (κ3) is 3.72. The molecule has 0 fully saturated rings. The highest BCUT2D eigenvalue weighted by Crippen LogP contribution is 2.18. The topological polar surface area (TPSA) is 46.9 Å². The molecule has 0 amide bonds. The Morgan fingerprint density at radius 2 is 2.16 bits per heavy atom. The molecular weight excluding hydrogens is 330 g/mol. The molecule has 1 atom stereocenters. The molecule has 1 unspecified atom stereocenters. The molecule has 3 rings (SSSR count). The van der Waals surface area contributed by atoms with Crippen molar-refractivity contribution in [3.8, 4) is 0 Å². The van der Waals surface area contributed by atoms with E-state index in [0.29, 0.717) is 13.1 Å². The molecule has 130 valence electrons. The molecule has 0 radical (unpaired) electrons. The number of hydrogen-bond donors (Lipinski definition) is 1. The number of pyridine rings is 1. The van der Waals surface area contributed by atoms with Gasteiger partial charge in [-0.15, -0.1) is 17.9 Å². The Morgan fingerprint density at radius 3 is 2.84 bits per heavy atom. The van der Waals surface area contributed by atoms with Gasteiger partial charge in [0.25, 0.3) is 5.56 Å². The molecule has 1 N–H and O–H groups in total. The van der Waals surface area contributed by atoms with Crippen molar-refractivity contribution >= 4 is 22.2 Å². The summed E-state index contributed by atoms with van der Waals surface area (Å²) in [5, 5.41) is 7.62. The van der Waals surface area contributed by atoms with Crippen molar-refractivity contribution in [3.63, 3.8) is 0 Å². The van der Waals surface area contributed by atoms with E-state index in [4.69, 9.17) is 0 Å². The van der Waals surface area contributed by atoms with Gasteiger partial charge in [0.1, 0.15) is 0 Å². The second-order valence-corrected chi connectivity index (χ2v) is 7.39. The number of nitrogens with zero attached hydrogens (tertiary/aromatic N) is 2. The van der Waals surface area contributed by atoms with Crippen molar-refractivity contribution in [1.82, 2.24) is 14.9 Å². The second-order valence-electron chi connectivity index (χ2n) is 6.33. The maximum atomic E-state index is 12.9. The standard InChI is InChI=1S/C20H23N3OS/c1-5-8-23-19-7-6-13(2)9-16(19)10-17(20(23)24)11-21-14(3)18-12-25-15(4)22-18/h5-7,9-10,12,14,21H,1,8,11H2,2-4H3. The first kappa shape index (κ1) is 17.6. The summed E-state index contributed by atoms with van der Waals surface area (Å²) in [6.07, 6.45) is 1.76. The Bertz CT molecular complexity index is 971. The van der Waals surface area contributed by atoms with Gasteiger partial charge in [-0.2, -0.15) is 0 Å². The maximum absolute atomic E-state index is 12.9. The van der Waals surface area contributed by atoms with Crippen LogP contribution in [-0.2, 0) is 13.1 Å². The number of thiazole rings is 1. The van der Waals surface area contributed by atoms with Crippen LogP contribution in [-0.4, -0.2) is 9.55 Å². The minimum atomic E-state index is 0.0328. The van der Waals surface area contributed by atoms with E-state index in [2.05, 4.69) is 42.2 Å². The number of hydrogen-bond acceptors (Lipinski definition) is 4. The molecule has 0 saturated heterocycles. The molecule has 0 saturated carbocycles. The number of aromatic nitrogens is 2. The lowest BCUT2D eigenvalue weighted by molar-refractivity contribution is 0.559. The van der Waals surface area contributed by atoms with Gasteiger partial charge in [-0.05, 0) is 44.4 Å². The van der Waals surface area contributed by atoms with E-state index >= 15 is 0 Å². The van der Waals surface area contributed by atoms with E-state index in [1.165, 1.54) is 5.56 Å². The second kappa shape index (κ2) is 7.33. The fourth-order valence-electron chi connectivity index (χ4n) is 2.95. The maximum Gasteiger partial charge on any atom is 0.255 e. The molecule has 2 heterocycles. The lowest BCUT2D eigenvalue weighted by atomic mass is 10.1. The van der Waals surface area contributed by atoms with Crippen molar-refractivity contribution in [1.29, 1.82) is 0 Å². The van der Waals surface area contributed by atoms with Crippen LogP contribution in [0, 0.1) is 13.8 Å². The average Bonchev–Trinajstić information content (AvgIpc) is 3.02. The Kier molecular flexibility index (Phi) is 5.16. The summed E-state index contributed by atoms with van der Waals surface area (Å²) >= 11 is 1.64. The highest BCUT2D eigenvalue weighted by molar-refractivity contribution is 7.09. The minimum absolute atomic E-state index is 0.0328. The molecule has 2 aromatic heterocycles. The summed E-state index contributed by atoms with van der Waals surface area (Å²) < 4.78 is 1.79. The van der Waals surface area contributed by atoms with Gasteiger partial charge < -0.3 is 9.88 Å². The van der Waals surface area contributed by atoms with Crippen LogP contribution in [0.4, 0.5) is 0 Å². The SMILES string of the molecule is C=CCn1c(=O)c(CNC(C)c2csc(C)n2)cc2cc(C)ccc21. The van der Waals surface area contributed by atoms with E-state index < -0.39 is 0 Å². The molecule has 0 bridgehead atoms. The fourth-order valence-corrected chi connectivity index (χ4v) is 3.66. The molecular formula is C20H23N3OS. The van der Waals surface area contributed by atoms with Gasteiger partial charge in [-0.3, -0.25) is 4.79 Å². The first-order valence-corrected chi connectivity index (χ1v) is 9.27. The van der Waals surface area contributed by atoms with Crippen molar-refractivity contribution in [2.45, 2.75) is 39.9 Å². The van der Waals surface area contributed by atoms with Crippen molar-refractivity contribution < 1.29 is 0 Å². The van der Waals surface area contributed by atoms with Gasteiger partial charge in [0, 0.05) is 30.1 Å². The van der Waals surface area contributed by atoms with Crippen LogP contribution >= 0.6 is 11.3 Å². The zero-order chi connectivity index (χ0) is 18.0. The van der Waals surface area contributed by atoms with Crippen LogP contribution in [0.1, 0.15) is 34.8 Å². The Hall–Kier alpha value is -2.24. The van der Waals surface area contributed by atoms with Crippen molar-refractivity contribution in [2.24, 2.45) is 0 Å². The Labute approximate surface area is 151 Å². The molecule has 0 aliphatic carbocycles. The summed E-state index contributed by atoms with van der Waals surface area (Å²) in [4.78, 5) is 17.4. The summed E-state index contributed by atoms with van der Waals surface area (Å²) in [5.41, 5.74) is 3.94. The number of fused-ring (bicyclic) bond motifs is 1. The van der Waals surface area contributed by atoms with Crippen LogP contribution < -0.4 is 10.9 Å². The molecule has 0 aliphatic rings. The highest BCUT2D eigenvalue weighted by atomic mass is 32.1. The largest absolute Gasteiger partial charge is 0.305 e. The van der Waals surface area contributed by atoms with Crippen LogP contribution in [0.25, 0.3) is 10.9 Å². The van der Waals surface area contributed by atoms with Crippen molar-refractivity contribution in [2.75, 3.05) is 0 Å². The number of rotatable bonds is 6. The van der Waals surface area contributed by atoms with Gasteiger partial charge >= 0.3 is 0 Å². The third-order valence-corrected chi connectivity index (χ3v) is 5.11. The van der Waals surface area contributed by atoms with Crippen LogP contribution in [0.2, 0.25) is 0 Å². The lowest BCUT2D eigenvalue weighted by Crippen LogP contribution is -2.28. The summed E-state index contributed by atoms with van der Waals surface area (Å²) in [7, 11) is 0. The lowest BCUT2D eigenvalue weighted by Gasteiger charge is -2.15. The number of allylic oxidation sites excluding steroid dienone is 1. The van der Waals surface area contributed by atoms with Gasteiger partial charge in [0.2, 0.25) is 0 Å².